The number of halogens is 1. The lowest BCUT2D eigenvalue weighted by Crippen LogP contribution is -2.06. The smallest absolute Gasteiger partial charge is 0.221 e. The first kappa shape index (κ1) is 22.8. The number of para-hydroxylation sites is 1. The largest absolute Gasteiger partial charge is 0.495 e. The van der Waals surface area contributed by atoms with E-state index in [0.717, 1.165) is 22.0 Å². The van der Waals surface area contributed by atoms with E-state index >= 15 is 0 Å². The Morgan fingerprint density at radius 2 is 1.85 bits per heavy atom. The number of hydrogen-bond donors (Lipinski definition) is 2. The molecule has 0 saturated heterocycles. The molecule has 0 saturated carbocycles. The zero-order chi connectivity index (χ0) is 23.5. The number of nitrogens with one attached hydrogen (secondary N) is 1. The Balaban J connectivity index is 1.64. The van der Waals surface area contributed by atoms with Gasteiger partial charge in [0.2, 0.25) is 11.0 Å². The molecular weight excluding hydrogens is 456 g/mol. The summed E-state index contributed by atoms with van der Waals surface area (Å²) in [6.07, 6.45) is 0. The molecule has 0 amide bonds. The molecular formula is C25H23ClN4O2S. The van der Waals surface area contributed by atoms with E-state index in [4.69, 9.17) is 28.6 Å². The van der Waals surface area contributed by atoms with Crippen LogP contribution in [0.25, 0.3) is 10.9 Å². The number of aryl methyl sites for hydroxylation is 2. The molecule has 0 atom stereocenters. The zero-order valence-electron chi connectivity index (χ0n) is 18.5. The predicted octanol–water partition coefficient (Wildman–Crippen LogP) is 7.15. The Labute approximate surface area is 202 Å². The number of fused-ring (bicyclic) bond motifs is 1. The van der Waals surface area contributed by atoms with Gasteiger partial charge < -0.3 is 19.7 Å². The number of azo groups is 1. The third-order valence-electron chi connectivity index (χ3n) is 5.34. The van der Waals surface area contributed by atoms with Crippen LogP contribution in [-0.4, -0.2) is 21.9 Å². The van der Waals surface area contributed by atoms with Crippen molar-refractivity contribution in [2.45, 2.75) is 20.4 Å². The third kappa shape index (κ3) is 4.84. The maximum absolute atomic E-state index is 11.0. The molecule has 0 bridgehead atoms. The van der Waals surface area contributed by atoms with Crippen LogP contribution in [0.2, 0.25) is 5.02 Å². The molecule has 0 aliphatic heterocycles. The van der Waals surface area contributed by atoms with Crippen molar-refractivity contribution in [3.63, 3.8) is 0 Å². The van der Waals surface area contributed by atoms with E-state index < -0.39 is 0 Å². The van der Waals surface area contributed by atoms with Crippen molar-refractivity contribution in [2.75, 3.05) is 12.4 Å². The standard InChI is InChI=1S/C25H23ClN4O2S/c1-15-8-10-17(11-9-15)14-30-21-7-5-4-6-18(21)23(24(30)31)28-29-25(33)27-20-12-16(2)19(26)13-22(20)32-3/h4-13,31H,14H2,1-3H3,(H,27,33). The number of nitrogens with zero attached hydrogens (tertiary/aromatic N) is 3. The van der Waals surface area contributed by atoms with Crippen LogP contribution >= 0.6 is 23.8 Å². The van der Waals surface area contributed by atoms with Gasteiger partial charge in [-0.2, -0.15) is 0 Å². The van der Waals surface area contributed by atoms with E-state index in [0.29, 0.717) is 28.7 Å². The molecule has 4 rings (SSSR count). The Bertz CT molecular complexity index is 1360. The van der Waals surface area contributed by atoms with Crippen molar-refractivity contribution < 1.29 is 9.84 Å². The SMILES string of the molecule is COc1cc(Cl)c(C)cc1NC(=S)N=Nc1c(O)n(Cc2ccc(C)cc2)c2ccccc12. The molecule has 0 fully saturated rings. The van der Waals surface area contributed by atoms with Crippen molar-refractivity contribution >= 4 is 51.2 Å². The molecule has 1 aromatic heterocycles. The number of aromatic nitrogens is 1. The summed E-state index contributed by atoms with van der Waals surface area (Å²) in [5.74, 6) is 0.573. The van der Waals surface area contributed by atoms with Gasteiger partial charge in [-0.3, -0.25) is 0 Å². The van der Waals surface area contributed by atoms with Crippen LogP contribution in [-0.2, 0) is 6.54 Å². The highest BCUT2D eigenvalue weighted by atomic mass is 35.5. The van der Waals surface area contributed by atoms with Gasteiger partial charge in [0.05, 0.1) is 24.9 Å². The van der Waals surface area contributed by atoms with E-state index in [1.165, 1.54) is 5.56 Å². The normalized spacial score (nSPS) is 11.3. The number of rotatable bonds is 5. The highest BCUT2D eigenvalue weighted by molar-refractivity contribution is 7.80. The van der Waals surface area contributed by atoms with Gasteiger partial charge >= 0.3 is 0 Å². The minimum Gasteiger partial charge on any atom is -0.495 e. The van der Waals surface area contributed by atoms with Gasteiger partial charge in [0.15, 0.2) is 5.69 Å². The van der Waals surface area contributed by atoms with Crippen molar-refractivity contribution in [3.8, 4) is 11.6 Å². The van der Waals surface area contributed by atoms with E-state index in [9.17, 15) is 5.11 Å². The summed E-state index contributed by atoms with van der Waals surface area (Å²) in [5, 5.41) is 23.9. The summed E-state index contributed by atoms with van der Waals surface area (Å²) in [4.78, 5) is 0. The molecule has 0 radical (unpaired) electrons. The van der Waals surface area contributed by atoms with E-state index in [2.05, 4.69) is 27.7 Å². The fourth-order valence-electron chi connectivity index (χ4n) is 3.57. The summed E-state index contributed by atoms with van der Waals surface area (Å²) in [5.41, 5.74) is 4.98. The number of aromatic hydroxyl groups is 1. The summed E-state index contributed by atoms with van der Waals surface area (Å²) >= 11 is 11.5. The molecule has 1 heterocycles. The Morgan fingerprint density at radius 1 is 1.12 bits per heavy atom. The van der Waals surface area contributed by atoms with Gasteiger partial charge in [-0.25, -0.2) is 0 Å². The average molecular weight is 479 g/mol. The Hall–Kier alpha value is -3.42. The second-order valence-corrected chi connectivity index (χ2v) is 8.49. The third-order valence-corrected chi connectivity index (χ3v) is 5.93. The molecule has 0 aliphatic carbocycles. The highest BCUT2D eigenvalue weighted by Gasteiger charge is 2.17. The fourth-order valence-corrected chi connectivity index (χ4v) is 3.88. The summed E-state index contributed by atoms with van der Waals surface area (Å²) in [6.45, 7) is 4.44. The number of benzene rings is 3. The maximum atomic E-state index is 11.0. The molecule has 168 valence electrons. The van der Waals surface area contributed by atoms with Gasteiger partial charge in [-0.05, 0) is 49.3 Å². The van der Waals surface area contributed by atoms with Crippen LogP contribution in [0.15, 0.2) is 70.9 Å². The first-order valence-corrected chi connectivity index (χ1v) is 11.1. The van der Waals surface area contributed by atoms with Crippen LogP contribution in [0.1, 0.15) is 16.7 Å². The highest BCUT2D eigenvalue weighted by Crippen LogP contribution is 2.39. The van der Waals surface area contributed by atoms with Gasteiger partial charge in [0, 0.05) is 16.5 Å². The summed E-state index contributed by atoms with van der Waals surface area (Å²) < 4.78 is 7.18. The predicted molar refractivity (Wildman–Crippen MR) is 137 cm³/mol. The van der Waals surface area contributed by atoms with Gasteiger partial charge in [0.1, 0.15) is 5.75 Å². The summed E-state index contributed by atoms with van der Waals surface area (Å²) in [7, 11) is 1.55. The molecule has 8 heteroatoms. The lowest BCUT2D eigenvalue weighted by Gasteiger charge is -2.11. The van der Waals surface area contributed by atoms with Gasteiger partial charge in [-0.15, -0.1) is 10.2 Å². The molecule has 0 aliphatic rings. The minimum atomic E-state index is 0.0308. The van der Waals surface area contributed by atoms with E-state index in [1.807, 2.05) is 60.9 Å². The second kappa shape index (κ2) is 9.60. The quantitative estimate of drug-likeness (QED) is 0.236. The van der Waals surface area contributed by atoms with Crippen LogP contribution in [0.3, 0.4) is 0 Å². The molecule has 33 heavy (non-hydrogen) atoms. The van der Waals surface area contributed by atoms with E-state index in [1.54, 1.807) is 13.2 Å². The molecule has 4 aromatic rings. The maximum Gasteiger partial charge on any atom is 0.221 e. The van der Waals surface area contributed by atoms with Crippen molar-refractivity contribution in [3.05, 3.63) is 82.4 Å². The summed E-state index contributed by atoms with van der Waals surface area (Å²) in [6, 6.07) is 19.4. The molecule has 0 unspecified atom stereocenters. The first-order valence-electron chi connectivity index (χ1n) is 10.3. The minimum absolute atomic E-state index is 0.0308. The molecule has 2 N–H and O–H groups in total. The van der Waals surface area contributed by atoms with Crippen LogP contribution in [0.4, 0.5) is 11.4 Å². The number of hydrogen-bond acceptors (Lipinski definition) is 4. The average Bonchev–Trinajstić information content (AvgIpc) is 3.07. The molecule has 3 aromatic carbocycles. The zero-order valence-corrected chi connectivity index (χ0v) is 20.0. The van der Waals surface area contributed by atoms with Crippen LogP contribution in [0.5, 0.6) is 11.6 Å². The number of anilines is 1. The molecule has 6 nitrogen and oxygen atoms in total. The number of methoxy groups -OCH3 is 1. The van der Waals surface area contributed by atoms with Crippen molar-refractivity contribution in [1.29, 1.82) is 0 Å². The lowest BCUT2D eigenvalue weighted by atomic mass is 10.1. The fraction of sp³-hybridized carbons (Fsp3) is 0.160. The van der Waals surface area contributed by atoms with Gasteiger partial charge in [-0.1, -0.05) is 59.6 Å². The number of thiocarbonyl (C=S) groups is 1. The first-order chi connectivity index (χ1) is 15.9. The Kier molecular flexibility index (Phi) is 6.62. The monoisotopic (exact) mass is 478 g/mol. The topological polar surface area (TPSA) is 71.1 Å². The van der Waals surface area contributed by atoms with Crippen molar-refractivity contribution in [1.82, 2.24) is 4.57 Å². The van der Waals surface area contributed by atoms with Crippen molar-refractivity contribution in [2.24, 2.45) is 10.2 Å². The second-order valence-electron chi connectivity index (χ2n) is 7.69. The van der Waals surface area contributed by atoms with Crippen LogP contribution < -0.4 is 10.1 Å². The lowest BCUT2D eigenvalue weighted by molar-refractivity contribution is 0.417. The Morgan fingerprint density at radius 3 is 2.58 bits per heavy atom. The molecule has 0 spiro atoms. The van der Waals surface area contributed by atoms with Crippen LogP contribution in [0, 0.1) is 13.8 Å². The van der Waals surface area contributed by atoms with Gasteiger partial charge in [0.25, 0.3) is 0 Å². The number of ether oxygens (including phenoxy) is 1. The van der Waals surface area contributed by atoms with E-state index in [-0.39, 0.29) is 11.0 Å².